The summed E-state index contributed by atoms with van der Waals surface area (Å²) in [5, 5.41) is 3.11. The summed E-state index contributed by atoms with van der Waals surface area (Å²) in [6, 6.07) is 5.74. The van der Waals surface area contributed by atoms with E-state index in [9.17, 15) is 4.79 Å². The first-order valence-corrected chi connectivity index (χ1v) is 6.75. The predicted octanol–water partition coefficient (Wildman–Crippen LogP) is 2.89. The predicted molar refractivity (Wildman–Crippen MR) is 74.5 cm³/mol. The lowest BCUT2D eigenvalue weighted by Gasteiger charge is -2.21. The van der Waals surface area contributed by atoms with Crippen molar-refractivity contribution in [2.45, 2.75) is 45.6 Å². The van der Waals surface area contributed by atoms with Crippen LogP contribution in [-0.4, -0.2) is 11.9 Å². The third kappa shape index (κ3) is 2.66. The van der Waals surface area contributed by atoms with Gasteiger partial charge in [0.25, 0.3) is 5.91 Å². The van der Waals surface area contributed by atoms with Crippen LogP contribution in [0.5, 0.6) is 0 Å². The molecule has 0 spiro atoms. The van der Waals surface area contributed by atoms with Gasteiger partial charge >= 0.3 is 0 Å². The first kappa shape index (κ1) is 12.9. The van der Waals surface area contributed by atoms with Crippen molar-refractivity contribution in [3.8, 4) is 0 Å². The third-order valence-corrected chi connectivity index (χ3v) is 4.09. The average molecular weight is 246 g/mol. The lowest BCUT2D eigenvalue weighted by molar-refractivity contribution is 0.0926. The molecule has 3 N–H and O–H groups in total. The second kappa shape index (κ2) is 5.42. The molecule has 1 amide bonds. The Labute approximate surface area is 109 Å². The van der Waals surface area contributed by atoms with Crippen LogP contribution in [0.1, 0.15) is 48.5 Å². The van der Waals surface area contributed by atoms with Gasteiger partial charge in [-0.3, -0.25) is 4.79 Å². The van der Waals surface area contributed by atoms with Gasteiger partial charge in [0.15, 0.2) is 0 Å². The highest BCUT2D eigenvalue weighted by atomic mass is 16.1. The van der Waals surface area contributed by atoms with Crippen LogP contribution in [0.3, 0.4) is 0 Å². The Morgan fingerprint density at radius 2 is 2.06 bits per heavy atom. The lowest BCUT2D eigenvalue weighted by Crippen LogP contribution is -2.37. The summed E-state index contributed by atoms with van der Waals surface area (Å²) in [5.41, 5.74) is 8.07. The van der Waals surface area contributed by atoms with Crippen LogP contribution in [0.15, 0.2) is 18.2 Å². The van der Waals surface area contributed by atoms with E-state index in [0.717, 1.165) is 5.56 Å². The van der Waals surface area contributed by atoms with Gasteiger partial charge < -0.3 is 11.1 Å². The molecule has 2 rings (SSSR count). The van der Waals surface area contributed by atoms with E-state index in [4.69, 9.17) is 5.73 Å². The van der Waals surface area contributed by atoms with Crippen molar-refractivity contribution >= 4 is 11.6 Å². The second-order valence-corrected chi connectivity index (χ2v) is 5.33. The molecule has 1 aromatic carbocycles. The van der Waals surface area contributed by atoms with E-state index in [0.29, 0.717) is 17.2 Å². The standard InChI is InChI=1S/C15H22N2O/c1-10-13(8-5-9-14(10)16)15(18)17-11(2)12-6-3-4-7-12/h5,8-9,11-12H,3-4,6-7,16H2,1-2H3,(H,17,18)/t11-/m0/s1. The molecule has 3 heteroatoms. The van der Waals surface area contributed by atoms with Gasteiger partial charge in [0, 0.05) is 17.3 Å². The molecule has 0 radical (unpaired) electrons. The molecule has 1 aliphatic carbocycles. The molecule has 1 aliphatic rings. The Kier molecular flexibility index (Phi) is 3.90. The van der Waals surface area contributed by atoms with E-state index < -0.39 is 0 Å². The molecule has 1 saturated carbocycles. The van der Waals surface area contributed by atoms with E-state index in [-0.39, 0.29) is 11.9 Å². The summed E-state index contributed by atoms with van der Waals surface area (Å²) in [5.74, 6) is 0.634. The van der Waals surface area contributed by atoms with Crippen LogP contribution in [0.4, 0.5) is 5.69 Å². The number of hydrogen-bond donors (Lipinski definition) is 2. The molecule has 0 saturated heterocycles. The van der Waals surface area contributed by atoms with Crippen molar-refractivity contribution < 1.29 is 4.79 Å². The monoisotopic (exact) mass is 246 g/mol. The molecule has 0 aromatic heterocycles. The van der Waals surface area contributed by atoms with Crippen LogP contribution in [-0.2, 0) is 0 Å². The first-order valence-electron chi connectivity index (χ1n) is 6.75. The molecule has 98 valence electrons. The molecular formula is C15H22N2O. The number of rotatable bonds is 3. The molecule has 0 unspecified atom stereocenters. The third-order valence-electron chi connectivity index (χ3n) is 4.09. The van der Waals surface area contributed by atoms with Crippen LogP contribution < -0.4 is 11.1 Å². The van der Waals surface area contributed by atoms with Crippen LogP contribution in [0.2, 0.25) is 0 Å². The van der Waals surface area contributed by atoms with Crippen molar-refractivity contribution in [3.63, 3.8) is 0 Å². The zero-order chi connectivity index (χ0) is 13.1. The average Bonchev–Trinajstić information content (AvgIpc) is 2.86. The van der Waals surface area contributed by atoms with E-state index in [1.807, 2.05) is 25.1 Å². The molecule has 0 bridgehead atoms. The van der Waals surface area contributed by atoms with Crippen LogP contribution in [0, 0.1) is 12.8 Å². The number of nitrogens with two attached hydrogens (primary N) is 1. The fourth-order valence-corrected chi connectivity index (χ4v) is 2.76. The molecular weight excluding hydrogens is 224 g/mol. The van der Waals surface area contributed by atoms with E-state index in [2.05, 4.69) is 12.2 Å². The number of hydrogen-bond acceptors (Lipinski definition) is 2. The van der Waals surface area contributed by atoms with Crippen molar-refractivity contribution in [3.05, 3.63) is 29.3 Å². The maximum absolute atomic E-state index is 12.2. The fourth-order valence-electron chi connectivity index (χ4n) is 2.76. The highest BCUT2D eigenvalue weighted by Crippen LogP contribution is 2.27. The number of anilines is 1. The Balaban J connectivity index is 2.05. The minimum atomic E-state index is -0.000741. The Hall–Kier alpha value is -1.51. The van der Waals surface area contributed by atoms with Crippen LogP contribution in [0.25, 0.3) is 0 Å². The largest absolute Gasteiger partial charge is 0.398 e. The molecule has 18 heavy (non-hydrogen) atoms. The molecule has 0 heterocycles. The zero-order valence-corrected chi connectivity index (χ0v) is 11.2. The quantitative estimate of drug-likeness (QED) is 0.806. The van der Waals surface area contributed by atoms with Gasteiger partial charge in [0.2, 0.25) is 0 Å². The number of nitrogen functional groups attached to an aromatic ring is 1. The van der Waals surface area contributed by atoms with Gasteiger partial charge in [-0.15, -0.1) is 0 Å². The number of nitrogens with one attached hydrogen (secondary N) is 1. The second-order valence-electron chi connectivity index (χ2n) is 5.33. The number of amides is 1. The normalized spacial score (nSPS) is 17.7. The molecule has 1 fully saturated rings. The summed E-state index contributed by atoms with van der Waals surface area (Å²) in [6.45, 7) is 4.00. The van der Waals surface area contributed by atoms with Crippen molar-refractivity contribution in [2.24, 2.45) is 5.92 Å². The van der Waals surface area contributed by atoms with Crippen molar-refractivity contribution in [2.75, 3.05) is 5.73 Å². The fraction of sp³-hybridized carbons (Fsp3) is 0.533. The molecule has 1 aromatic rings. The zero-order valence-electron chi connectivity index (χ0n) is 11.2. The summed E-state index contributed by atoms with van der Waals surface area (Å²) in [6.07, 6.45) is 5.05. The van der Waals surface area contributed by atoms with Gasteiger partial charge in [-0.2, -0.15) is 0 Å². The van der Waals surface area contributed by atoms with Gasteiger partial charge in [-0.25, -0.2) is 0 Å². The Bertz CT molecular complexity index is 436. The van der Waals surface area contributed by atoms with Crippen molar-refractivity contribution in [1.82, 2.24) is 5.32 Å². The minimum absolute atomic E-state index is 0.000741. The number of carbonyl (C=O) groups excluding carboxylic acids is 1. The van der Waals surface area contributed by atoms with Gasteiger partial charge in [0.05, 0.1) is 0 Å². The topological polar surface area (TPSA) is 55.1 Å². The van der Waals surface area contributed by atoms with E-state index >= 15 is 0 Å². The van der Waals surface area contributed by atoms with Gasteiger partial charge in [-0.05, 0) is 50.3 Å². The maximum atomic E-state index is 12.2. The smallest absolute Gasteiger partial charge is 0.251 e. The molecule has 0 aliphatic heterocycles. The van der Waals surface area contributed by atoms with E-state index in [1.54, 1.807) is 0 Å². The summed E-state index contributed by atoms with van der Waals surface area (Å²) in [4.78, 5) is 12.2. The maximum Gasteiger partial charge on any atom is 0.251 e. The number of carbonyl (C=O) groups is 1. The highest BCUT2D eigenvalue weighted by molar-refractivity contribution is 5.97. The Morgan fingerprint density at radius 3 is 2.72 bits per heavy atom. The molecule has 1 atom stereocenters. The minimum Gasteiger partial charge on any atom is -0.398 e. The van der Waals surface area contributed by atoms with Gasteiger partial charge in [0.1, 0.15) is 0 Å². The van der Waals surface area contributed by atoms with Gasteiger partial charge in [-0.1, -0.05) is 18.9 Å². The van der Waals surface area contributed by atoms with Crippen LogP contribution >= 0.6 is 0 Å². The number of benzene rings is 1. The summed E-state index contributed by atoms with van der Waals surface area (Å²) in [7, 11) is 0. The highest BCUT2D eigenvalue weighted by Gasteiger charge is 2.23. The SMILES string of the molecule is Cc1c(N)cccc1C(=O)N[C@@H](C)C1CCCC1. The summed E-state index contributed by atoms with van der Waals surface area (Å²) >= 11 is 0. The first-order chi connectivity index (χ1) is 8.59. The van der Waals surface area contributed by atoms with Crippen molar-refractivity contribution in [1.29, 1.82) is 0 Å². The molecule has 3 nitrogen and oxygen atoms in total. The Morgan fingerprint density at radius 1 is 1.39 bits per heavy atom. The van der Waals surface area contributed by atoms with E-state index in [1.165, 1.54) is 25.7 Å². The summed E-state index contributed by atoms with van der Waals surface area (Å²) < 4.78 is 0. The lowest BCUT2D eigenvalue weighted by atomic mass is 9.99.